The van der Waals surface area contributed by atoms with Gasteiger partial charge in [0.25, 0.3) is 0 Å². The van der Waals surface area contributed by atoms with Crippen molar-refractivity contribution >= 4 is 11.9 Å². The molecule has 254 valence electrons. The summed E-state index contributed by atoms with van der Waals surface area (Å²) < 4.78 is 11.8. The predicted molar refractivity (Wildman–Crippen MR) is 182 cm³/mol. The number of amides is 1. The Labute approximate surface area is 270 Å². The minimum Gasteiger partial charge on any atom is -0.462 e. The van der Waals surface area contributed by atoms with Gasteiger partial charge in [0.2, 0.25) is 5.91 Å². The van der Waals surface area contributed by atoms with Crippen molar-refractivity contribution in [1.82, 2.24) is 5.32 Å². The van der Waals surface area contributed by atoms with E-state index in [0.29, 0.717) is 12.8 Å². The molecular formula is C38H67NO5. The zero-order chi connectivity index (χ0) is 32.1. The first kappa shape index (κ1) is 40.1. The highest BCUT2D eigenvalue weighted by molar-refractivity contribution is 5.77. The second-order valence-electron chi connectivity index (χ2n) is 12.9. The topological polar surface area (TPSA) is 84.9 Å². The van der Waals surface area contributed by atoms with Crippen molar-refractivity contribution in [2.24, 2.45) is 0 Å². The molecule has 2 atom stereocenters. The summed E-state index contributed by atoms with van der Waals surface area (Å²) in [6.07, 6.45) is 25.2. The van der Waals surface area contributed by atoms with Gasteiger partial charge in [-0.05, 0) is 31.7 Å². The Balaban J connectivity index is 2.46. The van der Waals surface area contributed by atoms with Crippen LogP contribution in [0.2, 0.25) is 0 Å². The van der Waals surface area contributed by atoms with Crippen LogP contribution in [0, 0.1) is 0 Å². The van der Waals surface area contributed by atoms with Gasteiger partial charge in [-0.1, -0.05) is 160 Å². The van der Waals surface area contributed by atoms with Crippen molar-refractivity contribution in [3.63, 3.8) is 0 Å². The maximum absolute atomic E-state index is 13.0. The van der Waals surface area contributed by atoms with Crippen molar-refractivity contribution in [3.05, 3.63) is 35.9 Å². The summed E-state index contributed by atoms with van der Waals surface area (Å²) in [6, 6.07) is 9.67. The lowest BCUT2D eigenvalue weighted by molar-refractivity contribution is -0.153. The maximum Gasteiger partial charge on any atom is 0.306 e. The van der Waals surface area contributed by atoms with E-state index in [1.54, 1.807) is 6.92 Å². The highest BCUT2D eigenvalue weighted by atomic mass is 16.5. The molecule has 0 unspecified atom stereocenters. The minimum atomic E-state index is -1.21. The van der Waals surface area contributed by atoms with Crippen LogP contribution in [0.25, 0.3) is 0 Å². The van der Waals surface area contributed by atoms with E-state index in [1.165, 1.54) is 96.3 Å². The van der Waals surface area contributed by atoms with E-state index in [4.69, 9.17) is 9.47 Å². The standard InChI is InChI=1S/C38H67NO5/c1-4-6-8-10-12-14-15-17-19-21-26-30-37(42)44-35(29-25-20-18-16-13-11-9-7-5-2)31-36(41)39-38(3,33-40)43-32-34-27-23-22-24-28-34/h22-24,27-28,35,40H,4-21,25-26,29-33H2,1-3H3,(H,39,41)/t35-,38-/m1/s1. The molecule has 0 heterocycles. The van der Waals surface area contributed by atoms with Gasteiger partial charge >= 0.3 is 5.97 Å². The van der Waals surface area contributed by atoms with E-state index in [-0.39, 0.29) is 31.5 Å². The third-order valence-electron chi connectivity index (χ3n) is 8.43. The van der Waals surface area contributed by atoms with Crippen molar-refractivity contribution in [2.75, 3.05) is 6.61 Å². The van der Waals surface area contributed by atoms with E-state index in [9.17, 15) is 14.7 Å². The average molecular weight is 618 g/mol. The lowest BCUT2D eigenvalue weighted by atomic mass is 10.0. The normalized spacial score (nSPS) is 13.4. The van der Waals surface area contributed by atoms with E-state index in [1.807, 2.05) is 30.3 Å². The van der Waals surface area contributed by atoms with Gasteiger partial charge in [-0.25, -0.2) is 0 Å². The Hall–Kier alpha value is -1.92. The summed E-state index contributed by atoms with van der Waals surface area (Å²) >= 11 is 0. The van der Waals surface area contributed by atoms with Gasteiger partial charge in [0, 0.05) is 6.42 Å². The van der Waals surface area contributed by atoms with Crippen LogP contribution >= 0.6 is 0 Å². The number of carbonyl (C=O) groups excluding carboxylic acids is 2. The Kier molecular flexibility index (Phi) is 25.0. The lowest BCUT2D eigenvalue weighted by Gasteiger charge is -2.30. The molecule has 0 bridgehead atoms. The number of nitrogens with one attached hydrogen (secondary N) is 1. The molecule has 1 aromatic carbocycles. The Morgan fingerprint density at radius 2 is 1.20 bits per heavy atom. The van der Waals surface area contributed by atoms with Crippen LogP contribution in [0.1, 0.15) is 174 Å². The Bertz CT molecular complexity index is 817. The number of hydrogen-bond acceptors (Lipinski definition) is 5. The SMILES string of the molecule is CCCCCCCCCCCCCC(=O)O[C@H](CCCCCCCCCCC)CC(=O)N[C@@](C)(CO)OCc1ccccc1. The highest BCUT2D eigenvalue weighted by Gasteiger charge is 2.28. The number of benzene rings is 1. The van der Waals surface area contributed by atoms with Gasteiger partial charge in [0.15, 0.2) is 5.72 Å². The van der Waals surface area contributed by atoms with E-state index in [2.05, 4.69) is 19.2 Å². The molecule has 1 rings (SSSR count). The van der Waals surface area contributed by atoms with Gasteiger partial charge in [0.1, 0.15) is 6.10 Å². The van der Waals surface area contributed by atoms with Crippen LogP contribution in [0.5, 0.6) is 0 Å². The molecule has 0 saturated heterocycles. The first-order chi connectivity index (χ1) is 21.4. The first-order valence-corrected chi connectivity index (χ1v) is 18.2. The number of hydrogen-bond donors (Lipinski definition) is 2. The maximum atomic E-state index is 13.0. The third kappa shape index (κ3) is 22.6. The summed E-state index contributed by atoms with van der Waals surface area (Å²) in [5.41, 5.74) is -0.254. The molecule has 1 aromatic rings. The molecule has 6 nitrogen and oxygen atoms in total. The summed E-state index contributed by atoms with van der Waals surface area (Å²) in [5.74, 6) is -0.488. The number of unbranched alkanes of at least 4 members (excludes halogenated alkanes) is 18. The molecule has 6 heteroatoms. The zero-order valence-corrected chi connectivity index (χ0v) is 28.7. The fourth-order valence-corrected chi connectivity index (χ4v) is 5.55. The van der Waals surface area contributed by atoms with Crippen LogP contribution in [0.4, 0.5) is 0 Å². The fraction of sp³-hybridized carbons (Fsp3) is 0.789. The summed E-state index contributed by atoms with van der Waals surface area (Å²) in [7, 11) is 0. The van der Waals surface area contributed by atoms with Gasteiger partial charge in [-0.2, -0.15) is 0 Å². The molecule has 44 heavy (non-hydrogen) atoms. The second-order valence-corrected chi connectivity index (χ2v) is 12.9. The molecule has 0 aliphatic carbocycles. The number of aliphatic hydroxyl groups is 1. The molecule has 0 spiro atoms. The highest BCUT2D eigenvalue weighted by Crippen LogP contribution is 2.18. The molecule has 2 N–H and O–H groups in total. The smallest absolute Gasteiger partial charge is 0.306 e. The second kappa shape index (κ2) is 27.4. The molecule has 0 aromatic heterocycles. The van der Waals surface area contributed by atoms with Crippen molar-refractivity contribution in [2.45, 2.75) is 187 Å². The van der Waals surface area contributed by atoms with Gasteiger partial charge in [-0.15, -0.1) is 0 Å². The number of aliphatic hydroxyl groups excluding tert-OH is 1. The average Bonchev–Trinajstić information content (AvgIpc) is 3.02. The third-order valence-corrected chi connectivity index (χ3v) is 8.43. The molecule has 0 aliphatic heterocycles. The van der Waals surface area contributed by atoms with E-state index in [0.717, 1.165) is 37.7 Å². The Morgan fingerprint density at radius 3 is 1.70 bits per heavy atom. The Morgan fingerprint density at radius 1 is 0.727 bits per heavy atom. The van der Waals surface area contributed by atoms with Crippen LogP contribution in [-0.4, -0.2) is 35.4 Å². The lowest BCUT2D eigenvalue weighted by Crippen LogP contribution is -2.51. The molecule has 1 amide bonds. The summed E-state index contributed by atoms with van der Waals surface area (Å²) in [6.45, 7) is 6.08. The summed E-state index contributed by atoms with van der Waals surface area (Å²) in [4.78, 5) is 25.8. The van der Waals surface area contributed by atoms with Crippen LogP contribution in [0.15, 0.2) is 30.3 Å². The summed E-state index contributed by atoms with van der Waals surface area (Å²) in [5, 5.41) is 12.8. The first-order valence-electron chi connectivity index (χ1n) is 18.2. The molecular weight excluding hydrogens is 550 g/mol. The largest absolute Gasteiger partial charge is 0.462 e. The number of ether oxygens (including phenoxy) is 2. The number of esters is 1. The molecule has 0 radical (unpaired) electrons. The van der Waals surface area contributed by atoms with Crippen molar-refractivity contribution in [1.29, 1.82) is 0 Å². The quantitative estimate of drug-likeness (QED) is 0.0510. The van der Waals surface area contributed by atoms with E-state index >= 15 is 0 Å². The number of carbonyl (C=O) groups is 2. The fourth-order valence-electron chi connectivity index (χ4n) is 5.55. The number of rotatable bonds is 30. The van der Waals surface area contributed by atoms with Crippen molar-refractivity contribution < 1.29 is 24.2 Å². The minimum absolute atomic E-state index is 0.0747. The van der Waals surface area contributed by atoms with Gasteiger partial charge < -0.3 is 19.9 Å². The van der Waals surface area contributed by atoms with E-state index < -0.39 is 11.8 Å². The molecule has 0 fully saturated rings. The molecule has 0 saturated carbocycles. The zero-order valence-electron chi connectivity index (χ0n) is 28.7. The monoisotopic (exact) mass is 618 g/mol. The molecule has 0 aliphatic rings. The van der Waals surface area contributed by atoms with Crippen LogP contribution < -0.4 is 5.32 Å². The van der Waals surface area contributed by atoms with Crippen LogP contribution in [-0.2, 0) is 25.7 Å². The van der Waals surface area contributed by atoms with Crippen LogP contribution in [0.3, 0.4) is 0 Å². The van der Waals surface area contributed by atoms with Gasteiger partial charge in [0.05, 0.1) is 19.6 Å². The predicted octanol–water partition coefficient (Wildman–Crippen LogP) is 9.95. The van der Waals surface area contributed by atoms with Gasteiger partial charge in [-0.3, -0.25) is 9.59 Å². The van der Waals surface area contributed by atoms with Crippen molar-refractivity contribution in [3.8, 4) is 0 Å².